The molecule has 1 fully saturated rings. The van der Waals surface area contributed by atoms with Crippen molar-refractivity contribution in [2.75, 3.05) is 118 Å². The third-order valence-corrected chi connectivity index (χ3v) is 15.4. The molecule has 1 aliphatic rings. The number of hydrogen-bond acceptors (Lipinski definition) is 10. The van der Waals surface area contributed by atoms with Gasteiger partial charge >= 0.3 is 17.6 Å². The van der Waals surface area contributed by atoms with Gasteiger partial charge in [-0.3, -0.25) is 0 Å². The van der Waals surface area contributed by atoms with Crippen LogP contribution < -0.4 is 0 Å². The third kappa shape index (κ3) is 20.2. The molecular formula is C36H80N4O6Si2. The molecule has 12 heteroatoms. The summed E-state index contributed by atoms with van der Waals surface area (Å²) in [7, 11) is -5.29. The van der Waals surface area contributed by atoms with Crippen LogP contribution in [0.5, 0.6) is 0 Å². The Kier molecular flexibility index (Phi) is 28.4. The molecule has 1 rings (SSSR count). The lowest BCUT2D eigenvalue weighted by molar-refractivity contribution is 0.0690. The summed E-state index contributed by atoms with van der Waals surface area (Å²) < 4.78 is 36.9. The van der Waals surface area contributed by atoms with E-state index in [1.165, 1.54) is 90.9 Å². The van der Waals surface area contributed by atoms with Gasteiger partial charge in [-0.1, -0.05) is 26.7 Å². The minimum atomic E-state index is -2.64. The van der Waals surface area contributed by atoms with Crippen LogP contribution in [0.25, 0.3) is 0 Å². The first kappa shape index (κ1) is 46.1. The average molecular weight is 721 g/mol. The first-order chi connectivity index (χ1) is 23.4. The first-order valence-electron chi connectivity index (χ1n) is 20.1. The van der Waals surface area contributed by atoms with Gasteiger partial charge in [0.1, 0.15) is 0 Å². The molecule has 0 radical (unpaired) electrons. The topological polar surface area (TPSA) is 68.3 Å². The standard InChI is InChI=1S/C36H80N4O6Si2/c1-9-17-23-37(24-18-10-2)25-19-27-39-31-33-40(34-32-39)28-20-26-38(29-21-35-47(41-11-3,42-12-4)43-13-5)30-22-36-48(44-14-6,45-15-7)46-16-8/h9-36H2,1-8H3. The summed E-state index contributed by atoms with van der Waals surface area (Å²) in [5, 5.41) is 0. The van der Waals surface area contributed by atoms with Crippen molar-refractivity contribution in [3.05, 3.63) is 0 Å². The smallest absolute Gasteiger partial charge is 0.374 e. The Labute approximate surface area is 300 Å². The predicted octanol–water partition coefficient (Wildman–Crippen LogP) is 6.47. The Morgan fingerprint density at radius 3 is 0.938 bits per heavy atom. The minimum absolute atomic E-state index is 0.624. The maximum Gasteiger partial charge on any atom is 0.500 e. The van der Waals surface area contributed by atoms with Crippen LogP contribution in [0.3, 0.4) is 0 Å². The van der Waals surface area contributed by atoms with Crippen molar-refractivity contribution < 1.29 is 26.6 Å². The third-order valence-electron chi connectivity index (χ3n) is 9.12. The molecule has 1 aliphatic heterocycles. The minimum Gasteiger partial charge on any atom is -0.374 e. The van der Waals surface area contributed by atoms with Crippen molar-refractivity contribution in [1.29, 1.82) is 0 Å². The molecule has 0 amide bonds. The predicted molar refractivity (Wildman–Crippen MR) is 205 cm³/mol. The van der Waals surface area contributed by atoms with E-state index in [2.05, 4.69) is 33.4 Å². The summed E-state index contributed by atoms with van der Waals surface area (Å²) in [4.78, 5) is 10.7. The summed E-state index contributed by atoms with van der Waals surface area (Å²) in [6.45, 7) is 34.6. The molecule has 48 heavy (non-hydrogen) atoms. The Morgan fingerprint density at radius 1 is 0.396 bits per heavy atom. The maximum absolute atomic E-state index is 6.15. The number of piperazine rings is 1. The lowest BCUT2D eigenvalue weighted by atomic mass is 10.2. The fourth-order valence-electron chi connectivity index (χ4n) is 6.75. The highest BCUT2D eigenvalue weighted by Crippen LogP contribution is 2.21. The van der Waals surface area contributed by atoms with Gasteiger partial charge in [-0.25, -0.2) is 0 Å². The number of hydrogen-bond donors (Lipinski definition) is 0. The van der Waals surface area contributed by atoms with Crippen LogP contribution >= 0.6 is 0 Å². The molecule has 288 valence electrons. The summed E-state index contributed by atoms with van der Waals surface area (Å²) in [5.74, 6) is 0. The molecular weight excluding hydrogens is 641 g/mol. The van der Waals surface area contributed by atoms with E-state index in [-0.39, 0.29) is 0 Å². The van der Waals surface area contributed by atoms with Crippen molar-refractivity contribution in [1.82, 2.24) is 19.6 Å². The van der Waals surface area contributed by atoms with E-state index in [4.69, 9.17) is 26.6 Å². The molecule has 0 spiro atoms. The van der Waals surface area contributed by atoms with Crippen LogP contribution in [-0.2, 0) is 26.6 Å². The summed E-state index contributed by atoms with van der Waals surface area (Å²) in [6.07, 6.45) is 9.71. The second kappa shape index (κ2) is 29.6. The Morgan fingerprint density at radius 2 is 0.667 bits per heavy atom. The Hall–Kier alpha value is 0.0338. The normalized spacial score (nSPS) is 15.4. The molecule has 0 bridgehead atoms. The summed E-state index contributed by atoms with van der Waals surface area (Å²) in [5.41, 5.74) is 0. The zero-order valence-corrected chi connectivity index (χ0v) is 35.0. The number of unbranched alkanes of at least 4 members (excludes halogenated alkanes) is 2. The molecule has 0 unspecified atom stereocenters. The zero-order valence-electron chi connectivity index (χ0n) is 33.0. The van der Waals surface area contributed by atoms with Gasteiger partial charge in [0, 0.05) is 77.9 Å². The summed E-state index contributed by atoms with van der Waals surface area (Å²) in [6, 6.07) is 1.71. The molecule has 0 aromatic carbocycles. The molecule has 1 saturated heterocycles. The quantitative estimate of drug-likeness (QED) is 0.0692. The van der Waals surface area contributed by atoms with Gasteiger partial charge < -0.3 is 46.2 Å². The van der Waals surface area contributed by atoms with E-state index >= 15 is 0 Å². The van der Waals surface area contributed by atoms with Gasteiger partial charge in [-0.05, 0) is 132 Å². The molecule has 0 saturated carbocycles. The lowest BCUT2D eigenvalue weighted by Gasteiger charge is -2.35. The molecule has 0 aromatic heterocycles. The van der Waals surface area contributed by atoms with E-state index in [9.17, 15) is 0 Å². The maximum atomic E-state index is 6.15. The van der Waals surface area contributed by atoms with Gasteiger partial charge in [-0.15, -0.1) is 0 Å². The highest BCUT2D eigenvalue weighted by molar-refractivity contribution is 6.61. The molecule has 1 heterocycles. The van der Waals surface area contributed by atoms with Crippen molar-refractivity contribution in [2.45, 2.75) is 119 Å². The molecule has 0 N–H and O–H groups in total. The van der Waals surface area contributed by atoms with E-state index in [1.54, 1.807) is 0 Å². The van der Waals surface area contributed by atoms with E-state index in [0.717, 1.165) is 51.1 Å². The van der Waals surface area contributed by atoms with Gasteiger partial charge in [0.05, 0.1) is 0 Å². The molecule has 0 aliphatic carbocycles. The molecule has 0 aromatic rings. The van der Waals surface area contributed by atoms with Crippen LogP contribution in [0.4, 0.5) is 0 Å². The lowest BCUT2D eigenvalue weighted by Crippen LogP contribution is -2.48. The van der Waals surface area contributed by atoms with Crippen LogP contribution in [0.1, 0.15) is 107 Å². The van der Waals surface area contributed by atoms with Crippen LogP contribution in [0, 0.1) is 0 Å². The van der Waals surface area contributed by atoms with E-state index in [0.29, 0.717) is 39.6 Å². The second-order valence-corrected chi connectivity index (χ2v) is 18.4. The Bertz CT molecular complexity index is 650. The van der Waals surface area contributed by atoms with Crippen LogP contribution in [0.2, 0.25) is 12.1 Å². The fraction of sp³-hybridized carbons (Fsp3) is 1.00. The van der Waals surface area contributed by atoms with E-state index in [1.807, 2.05) is 41.5 Å². The number of nitrogens with zero attached hydrogens (tertiary/aromatic N) is 4. The van der Waals surface area contributed by atoms with Crippen LogP contribution in [0.15, 0.2) is 0 Å². The van der Waals surface area contributed by atoms with Crippen molar-refractivity contribution in [3.8, 4) is 0 Å². The molecule has 0 atom stereocenters. The zero-order chi connectivity index (χ0) is 35.4. The average Bonchev–Trinajstić information content (AvgIpc) is 3.07. The monoisotopic (exact) mass is 721 g/mol. The van der Waals surface area contributed by atoms with Gasteiger partial charge in [0.2, 0.25) is 0 Å². The first-order valence-corrected chi connectivity index (χ1v) is 24.0. The highest BCUT2D eigenvalue weighted by Gasteiger charge is 2.41. The van der Waals surface area contributed by atoms with Gasteiger partial charge in [0.15, 0.2) is 0 Å². The second-order valence-electron chi connectivity index (χ2n) is 13.0. The Balaban J connectivity index is 2.66. The van der Waals surface area contributed by atoms with E-state index < -0.39 is 17.6 Å². The van der Waals surface area contributed by atoms with Gasteiger partial charge in [0.25, 0.3) is 0 Å². The largest absolute Gasteiger partial charge is 0.500 e. The van der Waals surface area contributed by atoms with Crippen molar-refractivity contribution in [2.24, 2.45) is 0 Å². The number of rotatable bonds is 34. The fourth-order valence-corrected chi connectivity index (χ4v) is 11.9. The van der Waals surface area contributed by atoms with Crippen molar-refractivity contribution >= 4 is 17.6 Å². The SMILES string of the molecule is CCCCN(CCCC)CCCN1CCN(CCCN(CCC[Si](OCC)(OCC)OCC)CCC[Si](OCC)(OCC)OCC)CC1. The van der Waals surface area contributed by atoms with Crippen LogP contribution in [-0.4, -0.2) is 155 Å². The van der Waals surface area contributed by atoms with Crippen molar-refractivity contribution in [3.63, 3.8) is 0 Å². The summed E-state index contributed by atoms with van der Waals surface area (Å²) >= 11 is 0. The molecule has 10 nitrogen and oxygen atoms in total. The highest BCUT2D eigenvalue weighted by atomic mass is 28.4. The van der Waals surface area contributed by atoms with Gasteiger partial charge in [-0.2, -0.15) is 0 Å².